The van der Waals surface area contributed by atoms with E-state index in [0.717, 1.165) is 48.4 Å². The molecule has 0 bridgehead atoms. The van der Waals surface area contributed by atoms with Gasteiger partial charge in [-0.2, -0.15) is 5.10 Å². The van der Waals surface area contributed by atoms with Crippen molar-refractivity contribution in [1.82, 2.24) is 25.1 Å². The van der Waals surface area contributed by atoms with Gasteiger partial charge in [-0.15, -0.1) is 0 Å². The zero-order valence-electron chi connectivity index (χ0n) is 17.6. The van der Waals surface area contributed by atoms with Gasteiger partial charge in [-0.1, -0.05) is 0 Å². The van der Waals surface area contributed by atoms with Crippen molar-refractivity contribution < 1.29 is 4.74 Å². The summed E-state index contributed by atoms with van der Waals surface area (Å²) < 4.78 is 7.46. The molecule has 1 aliphatic heterocycles. The van der Waals surface area contributed by atoms with Crippen molar-refractivity contribution >= 4 is 16.6 Å². The van der Waals surface area contributed by atoms with Crippen LogP contribution in [0, 0.1) is 0 Å². The molecule has 162 valence electrons. The molecule has 1 aromatic carbocycles. The van der Waals surface area contributed by atoms with E-state index in [-0.39, 0.29) is 5.56 Å². The summed E-state index contributed by atoms with van der Waals surface area (Å²) in [6.07, 6.45) is 5.19. The number of anilines is 1. The summed E-state index contributed by atoms with van der Waals surface area (Å²) in [5.74, 6) is 0.748. The Bertz CT molecular complexity index is 1270. The van der Waals surface area contributed by atoms with Gasteiger partial charge in [0.05, 0.1) is 17.8 Å². The zero-order chi connectivity index (χ0) is 21.8. The highest BCUT2D eigenvalue weighted by atomic mass is 16.5. The van der Waals surface area contributed by atoms with E-state index in [1.807, 2.05) is 18.2 Å². The molecule has 8 heteroatoms. The maximum absolute atomic E-state index is 12.3. The second-order valence-electron chi connectivity index (χ2n) is 7.62. The lowest BCUT2D eigenvalue weighted by molar-refractivity contribution is 0.291. The molecule has 32 heavy (non-hydrogen) atoms. The molecule has 3 aromatic heterocycles. The summed E-state index contributed by atoms with van der Waals surface area (Å²) >= 11 is 0. The van der Waals surface area contributed by atoms with Gasteiger partial charge in [-0.05, 0) is 42.5 Å². The largest absolute Gasteiger partial charge is 0.491 e. The smallest absolute Gasteiger partial charge is 0.266 e. The molecule has 4 aromatic rings. The number of hydrogen-bond acceptors (Lipinski definition) is 7. The van der Waals surface area contributed by atoms with Gasteiger partial charge in [0, 0.05) is 67.5 Å². The van der Waals surface area contributed by atoms with Crippen molar-refractivity contribution in [3.05, 3.63) is 77.5 Å². The SMILES string of the molecule is O=c1ccc(-c2cccnc2)nn1CCOc1ccnc2cc(N3CCNCC3)ccc12. The van der Waals surface area contributed by atoms with Crippen LogP contribution < -0.4 is 20.5 Å². The normalized spacial score (nSPS) is 13.9. The lowest BCUT2D eigenvalue weighted by Crippen LogP contribution is -2.43. The molecular formula is C24H24N6O2. The van der Waals surface area contributed by atoms with Gasteiger partial charge in [0.15, 0.2) is 0 Å². The fraction of sp³-hybridized carbons (Fsp3) is 0.250. The van der Waals surface area contributed by atoms with E-state index < -0.39 is 0 Å². The molecule has 0 aliphatic carbocycles. The van der Waals surface area contributed by atoms with Gasteiger partial charge < -0.3 is 15.0 Å². The second kappa shape index (κ2) is 9.15. The Morgan fingerprint density at radius 3 is 2.78 bits per heavy atom. The van der Waals surface area contributed by atoms with Crippen LogP contribution in [0.1, 0.15) is 0 Å². The Morgan fingerprint density at radius 1 is 1.03 bits per heavy atom. The number of ether oxygens (including phenoxy) is 1. The van der Waals surface area contributed by atoms with Gasteiger partial charge in [0.1, 0.15) is 12.4 Å². The zero-order valence-corrected chi connectivity index (χ0v) is 17.6. The first-order valence-electron chi connectivity index (χ1n) is 10.7. The summed E-state index contributed by atoms with van der Waals surface area (Å²) in [4.78, 5) is 23.3. The van der Waals surface area contributed by atoms with Crippen molar-refractivity contribution in [1.29, 1.82) is 0 Å². The Labute approximate surface area is 185 Å². The predicted octanol–water partition coefficient (Wildman–Crippen LogP) is 2.34. The molecule has 1 fully saturated rings. The van der Waals surface area contributed by atoms with Crippen LogP contribution in [-0.2, 0) is 6.54 Å². The molecular weight excluding hydrogens is 404 g/mol. The topological polar surface area (TPSA) is 85.2 Å². The number of piperazine rings is 1. The third-order valence-corrected chi connectivity index (χ3v) is 5.55. The van der Waals surface area contributed by atoms with Gasteiger partial charge >= 0.3 is 0 Å². The van der Waals surface area contributed by atoms with E-state index in [9.17, 15) is 4.79 Å². The maximum atomic E-state index is 12.3. The van der Waals surface area contributed by atoms with Gasteiger partial charge in [0.25, 0.3) is 5.56 Å². The molecule has 0 atom stereocenters. The van der Waals surface area contributed by atoms with E-state index in [4.69, 9.17) is 4.74 Å². The highest BCUT2D eigenvalue weighted by molar-refractivity contribution is 5.87. The second-order valence-corrected chi connectivity index (χ2v) is 7.62. The highest BCUT2D eigenvalue weighted by Gasteiger charge is 2.12. The first-order chi connectivity index (χ1) is 15.8. The van der Waals surface area contributed by atoms with Crippen LogP contribution in [0.15, 0.2) is 71.9 Å². The van der Waals surface area contributed by atoms with E-state index in [1.165, 1.54) is 16.4 Å². The van der Waals surface area contributed by atoms with Crippen molar-refractivity contribution in [2.75, 3.05) is 37.7 Å². The number of aromatic nitrogens is 4. The average Bonchev–Trinajstić information content (AvgIpc) is 2.86. The van der Waals surface area contributed by atoms with Gasteiger partial charge in [0.2, 0.25) is 0 Å². The Hall–Kier alpha value is -3.78. The van der Waals surface area contributed by atoms with Crippen molar-refractivity contribution in [2.45, 2.75) is 6.54 Å². The monoisotopic (exact) mass is 428 g/mol. The molecule has 8 nitrogen and oxygen atoms in total. The molecule has 0 radical (unpaired) electrons. The van der Waals surface area contributed by atoms with Crippen LogP contribution >= 0.6 is 0 Å². The number of fused-ring (bicyclic) bond motifs is 1. The molecule has 4 heterocycles. The van der Waals surface area contributed by atoms with Crippen LogP contribution in [-0.4, -0.2) is 52.5 Å². The fourth-order valence-electron chi connectivity index (χ4n) is 3.88. The third-order valence-electron chi connectivity index (χ3n) is 5.55. The Morgan fingerprint density at radius 2 is 1.94 bits per heavy atom. The van der Waals surface area contributed by atoms with Crippen molar-refractivity contribution in [3.8, 4) is 17.0 Å². The summed E-state index contributed by atoms with van der Waals surface area (Å²) in [5.41, 5.74) is 3.47. The summed E-state index contributed by atoms with van der Waals surface area (Å²) in [7, 11) is 0. The highest BCUT2D eigenvalue weighted by Crippen LogP contribution is 2.28. The third kappa shape index (κ3) is 4.31. The molecule has 0 spiro atoms. The van der Waals surface area contributed by atoms with Crippen LogP contribution in [0.5, 0.6) is 5.75 Å². The molecule has 1 aliphatic rings. The number of hydrogen-bond donors (Lipinski definition) is 1. The molecule has 1 N–H and O–H groups in total. The minimum absolute atomic E-state index is 0.165. The van der Waals surface area contributed by atoms with E-state index in [2.05, 4.69) is 43.5 Å². The average molecular weight is 428 g/mol. The minimum Gasteiger partial charge on any atom is -0.491 e. The minimum atomic E-state index is -0.165. The van der Waals surface area contributed by atoms with Crippen LogP contribution in [0.4, 0.5) is 5.69 Å². The number of nitrogens with one attached hydrogen (secondary N) is 1. The molecule has 0 saturated carbocycles. The molecule has 1 saturated heterocycles. The van der Waals surface area contributed by atoms with Crippen LogP contribution in [0.3, 0.4) is 0 Å². The summed E-state index contributed by atoms with van der Waals surface area (Å²) in [6.45, 7) is 4.62. The molecule has 5 rings (SSSR count). The lowest BCUT2D eigenvalue weighted by Gasteiger charge is -2.29. The van der Waals surface area contributed by atoms with Crippen LogP contribution in [0.25, 0.3) is 22.2 Å². The van der Waals surface area contributed by atoms with E-state index >= 15 is 0 Å². The Kier molecular flexibility index (Phi) is 5.76. The molecule has 0 unspecified atom stereocenters. The first kappa shape index (κ1) is 20.1. The fourth-order valence-corrected chi connectivity index (χ4v) is 3.88. The van der Waals surface area contributed by atoms with Gasteiger partial charge in [-0.25, -0.2) is 4.68 Å². The lowest BCUT2D eigenvalue weighted by atomic mass is 10.1. The van der Waals surface area contributed by atoms with E-state index in [0.29, 0.717) is 18.8 Å². The Balaban J connectivity index is 1.31. The number of pyridine rings is 2. The van der Waals surface area contributed by atoms with E-state index in [1.54, 1.807) is 24.7 Å². The number of rotatable bonds is 6. The van der Waals surface area contributed by atoms with Gasteiger partial charge in [-0.3, -0.25) is 14.8 Å². The van der Waals surface area contributed by atoms with Crippen molar-refractivity contribution in [2.24, 2.45) is 0 Å². The molecule has 0 amide bonds. The summed E-state index contributed by atoms with van der Waals surface area (Å²) in [5, 5.41) is 8.79. The number of benzene rings is 1. The standard InChI is InChI=1S/C24H24N6O2/c31-24-6-5-21(18-2-1-8-26-17-18)28-30(24)14-15-32-23-7-9-27-22-16-19(3-4-20(22)23)29-12-10-25-11-13-29/h1-9,16-17,25H,10-15H2. The van der Waals surface area contributed by atoms with Crippen LogP contribution in [0.2, 0.25) is 0 Å². The maximum Gasteiger partial charge on any atom is 0.266 e. The summed E-state index contributed by atoms with van der Waals surface area (Å²) in [6, 6.07) is 15.1. The number of nitrogens with zero attached hydrogens (tertiary/aromatic N) is 5. The first-order valence-corrected chi connectivity index (χ1v) is 10.7. The quantitative estimate of drug-likeness (QED) is 0.505. The predicted molar refractivity (Wildman–Crippen MR) is 124 cm³/mol. The van der Waals surface area contributed by atoms with Crippen molar-refractivity contribution in [3.63, 3.8) is 0 Å².